The van der Waals surface area contributed by atoms with Gasteiger partial charge in [0.1, 0.15) is 0 Å². The number of aliphatic hydroxyl groups is 1. The van der Waals surface area contributed by atoms with E-state index >= 15 is 0 Å². The van der Waals surface area contributed by atoms with Gasteiger partial charge in [-0.15, -0.1) is 0 Å². The van der Waals surface area contributed by atoms with Crippen LogP contribution in [0.3, 0.4) is 0 Å². The van der Waals surface area contributed by atoms with Crippen LogP contribution >= 0.6 is 0 Å². The Morgan fingerprint density at radius 2 is 2.05 bits per heavy atom. The Hall–Kier alpha value is -1.33. The van der Waals surface area contributed by atoms with Gasteiger partial charge in [-0.2, -0.15) is 13.2 Å². The summed E-state index contributed by atoms with van der Waals surface area (Å²) >= 11 is 0. The number of nitrogens with one attached hydrogen (secondary N) is 1. The predicted molar refractivity (Wildman–Crippen MR) is 66.4 cm³/mol. The van der Waals surface area contributed by atoms with Gasteiger partial charge in [0.2, 0.25) is 0 Å². The van der Waals surface area contributed by atoms with Crippen LogP contribution in [0.5, 0.6) is 0 Å². The summed E-state index contributed by atoms with van der Waals surface area (Å²) in [6.45, 7) is 0.495. The molecule has 0 saturated heterocycles. The third-order valence-electron chi connectivity index (χ3n) is 3.23. The van der Waals surface area contributed by atoms with Gasteiger partial charge in [-0.1, -0.05) is 30.4 Å². The molecule has 2 N–H and O–H groups in total. The lowest BCUT2D eigenvalue weighted by molar-refractivity contribution is -0.137. The van der Waals surface area contributed by atoms with E-state index in [2.05, 4.69) is 5.32 Å². The van der Waals surface area contributed by atoms with Crippen LogP contribution in [0.4, 0.5) is 13.2 Å². The minimum atomic E-state index is -4.30. The number of rotatable bonds is 4. The minimum absolute atomic E-state index is 0.109. The van der Waals surface area contributed by atoms with Crippen molar-refractivity contribution in [3.8, 4) is 0 Å². The van der Waals surface area contributed by atoms with Gasteiger partial charge in [0, 0.05) is 25.1 Å². The van der Waals surface area contributed by atoms with E-state index in [0.29, 0.717) is 12.1 Å². The Morgan fingerprint density at radius 1 is 1.26 bits per heavy atom. The Bertz CT molecular complexity index is 456. The maximum Gasteiger partial charge on any atom is 0.416 e. The molecular formula is C14H16F3NO. The van der Waals surface area contributed by atoms with Crippen LogP contribution in [0.15, 0.2) is 36.4 Å². The number of aliphatic hydroxyl groups excluding tert-OH is 1. The van der Waals surface area contributed by atoms with E-state index in [1.165, 1.54) is 6.07 Å². The van der Waals surface area contributed by atoms with Crippen LogP contribution in [-0.4, -0.2) is 17.8 Å². The molecule has 2 atom stereocenters. The molecule has 0 aromatic heterocycles. The topological polar surface area (TPSA) is 32.3 Å². The minimum Gasteiger partial charge on any atom is -0.396 e. The highest BCUT2D eigenvalue weighted by Crippen LogP contribution is 2.29. The summed E-state index contributed by atoms with van der Waals surface area (Å²) in [5, 5.41) is 12.2. The van der Waals surface area contributed by atoms with E-state index in [9.17, 15) is 13.2 Å². The monoisotopic (exact) mass is 271 g/mol. The van der Waals surface area contributed by atoms with Crippen molar-refractivity contribution in [2.75, 3.05) is 6.61 Å². The number of alkyl halides is 3. The molecule has 2 rings (SSSR count). The van der Waals surface area contributed by atoms with Gasteiger partial charge < -0.3 is 10.4 Å². The SMILES string of the molecule is OC[C@H]1C=C[C@@H](NCc2cccc(C(F)(F)F)c2)C1. The van der Waals surface area contributed by atoms with Crippen molar-refractivity contribution in [2.24, 2.45) is 5.92 Å². The molecule has 0 bridgehead atoms. The number of halogens is 3. The smallest absolute Gasteiger partial charge is 0.396 e. The van der Waals surface area contributed by atoms with E-state index in [1.807, 2.05) is 12.2 Å². The van der Waals surface area contributed by atoms with E-state index < -0.39 is 11.7 Å². The first kappa shape index (κ1) is 14.1. The zero-order valence-electron chi connectivity index (χ0n) is 10.3. The molecular weight excluding hydrogens is 255 g/mol. The zero-order chi connectivity index (χ0) is 13.9. The van der Waals surface area contributed by atoms with Crippen molar-refractivity contribution in [3.05, 3.63) is 47.5 Å². The maximum atomic E-state index is 12.5. The third-order valence-corrected chi connectivity index (χ3v) is 3.23. The van der Waals surface area contributed by atoms with Crippen molar-refractivity contribution in [1.82, 2.24) is 5.32 Å². The Kier molecular flexibility index (Phi) is 4.27. The lowest BCUT2D eigenvalue weighted by Gasteiger charge is -2.14. The lowest BCUT2D eigenvalue weighted by Crippen LogP contribution is -2.26. The summed E-state index contributed by atoms with van der Waals surface area (Å²) in [7, 11) is 0. The summed E-state index contributed by atoms with van der Waals surface area (Å²) in [6, 6.07) is 5.44. The van der Waals surface area contributed by atoms with Crippen molar-refractivity contribution < 1.29 is 18.3 Å². The first-order valence-corrected chi connectivity index (χ1v) is 6.18. The van der Waals surface area contributed by atoms with Gasteiger partial charge in [-0.25, -0.2) is 0 Å². The van der Waals surface area contributed by atoms with Crippen LogP contribution in [0.2, 0.25) is 0 Å². The molecule has 0 fully saturated rings. The molecule has 0 amide bonds. The zero-order valence-corrected chi connectivity index (χ0v) is 10.3. The van der Waals surface area contributed by atoms with Crippen LogP contribution in [0.25, 0.3) is 0 Å². The highest BCUT2D eigenvalue weighted by atomic mass is 19.4. The molecule has 1 aromatic rings. The molecule has 0 spiro atoms. The summed E-state index contributed by atoms with van der Waals surface area (Å²) in [5.41, 5.74) is -0.0160. The van der Waals surface area contributed by atoms with Gasteiger partial charge >= 0.3 is 6.18 Å². The van der Waals surface area contributed by atoms with Gasteiger partial charge in [-0.3, -0.25) is 0 Å². The predicted octanol–water partition coefficient (Wildman–Crippen LogP) is 2.73. The fourth-order valence-corrected chi connectivity index (χ4v) is 2.17. The van der Waals surface area contributed by atoms with E-state index in [4.69, 9.17) is 5.11 Å². The fraction of sp³-hybridized carbons (Fsp3) is 0.429. The maximum absolute atomic E-state index is 12.5. The first-order chi connectivity index (χ1) is 8.99. The molecule has 1 aliphatic carbocycles. The highest BCUT2D eigenvalue weighted by molar-refractivity contribution is 5.25. The van der Waals surface area contributed by atoms with Crippen LogP contribution < -0.4 is 5.32 Å². The van der Waals surface area contributed by atoms with Crippen LogP contribution in [0, 0.1) is 5.92 Å². The first-order valence-electron chi connectivity index (χ1n) is 6.18. The quantitative estimate of drug-likeness (QED) is 0.825. The highest BCUT2D eigenvalue weighted by Gasteiger charge is 2.30. The van der Waals surface area contributed by atoms with Gasteiger partial charge in [0.25, 0.3) is 0 Å². The molecule has 5 heteroatoms. The Balaban J connectivity index is 1.92. The van der Waals surface area contributed by atoms with E-state index in [0.717, 1.165) is 18.6 Å². The molecule has 19 heavy (non-hydrogen) atoms. The summed E-state index contributed by atoms with van der Waals surface area (Å²) in [4.78, 5) is 0. The second-order valence-corrected chi connectivity index (χ2v) is 4.75. The number of hydrogen-bond acceptors (Lipinski definition) is 2. The van der Waals surface area contributed by atoms with E-state index in [-0.39, 0.29) is 18.6 Å². The normalized spacial score (nSPS) is 22.9. The van der Waals surface area contributed by atoms with Gasteiger partial charge in [-0.05, 0) is 18.1 Å². The van der Waals surface area contributed by atoms with Crippen molar-refractivity contribution in [1.29, 1.82) is 0 Å². The average Bonchev–Trinajstić information content (AvgIpc) is 2.84. The molecule has 0 heterocycles. The molecule has 0 aliphatic heterocycles. The van der Waals surface area contributed by atoms with Gasteiger partial charge in [0.15, 0.2) is 0 Å². The van der Waals surface area contributed by atoms with E-state index in [1.54, 1.807) is 6.07 Å². The summed E-state index contributed by atoms with van der Waals surface area (Å²) in [6.07, 6.45) is 0.374. The Morgan fingerprint density at radius 3 is 2.68 bits per heavy atom. The van der Waals surface area contributed by atoms with Crippen LogP contribution in [-0.2, 0) is 12.7 Å². The van der Waals surface area contributed by atoms with Crippen molar-refractivity contribution in [3.63, 3.8) is 0 Å². The van der Waals surface area contributed by atoms with Crippen LogP contribution in [0.1, 0.15) is 17.5 Å². The number of hydrogen-bond donors (Lipinski definition) is 2. The molecule has 104 valence electrons. The second-order valence-electron chi connectivity index (χ2n) is 4.75. The lowest BCUT2D eigenvalue weighted by atomic mass is 10.1. The number of benzene rings is 1. The molecule has 0 unspecified atom stereocenters. The standard InChI is InChI=1S/C14H16F3NO/c15-14(16,17)12-3-1-2-10(6-12)8-18-13-5-4-11(7-13)9-19/h1-6,11,13,18-19H,7-9H2/t11-,13+/m0/s1. The molecule has 1 aliphatic rings. The van der Waals surface area contributed by atoms with Gasteiger partial charge in [0.05, 0.1) is 5.56 Å². The second kappa shape index (κ2) is 5.75. The summed E-state index contributed by atoms with van der Waals surface area (Å²) < 4.78 is 37.6. The Labute approximate surface area is 109 Å². The van der Waals surface area contributed by atoms with Crippen molar-refractivity contribution in [2.45, 2.75) is 25.2 Å². The third kappa shape index (κ3) is 3.81. The average molecular weight is 271 g/mol. The molecule has 2 nitrogen and oxygen atoms in total. The summed E-state index contributed by atoms with van der Waals surface area (Å²) in [5.74, 6) is 0.152. The molecule has 1 aromatic carbocycles. The van der Waals surface area contributed by atoms with Crippen molar-refractivity contribution >= 4 is 0 Å². The fourth-order valence-electron chi connectivity index (χ4n) is 2.17. The largest absolute Gasteiger partial charge is 0.416 e. The molecule has 0 saturated carbocycles. The molecule has 0 radical (unpaired) electrons.